The van der Waals surface area contributed by atoms with Crippen molar-refractivity contribution in [2.75, 3.05) is 10.0 Å². The second-order valence-electron chi connectivity index (χ2n) is 7.01. The molecule has 4 rings (SSSR count). The van der Waals surface area contributed by atoms with Crippen LogP contribution in [0.25, 0.3) is 5.57 Å². The Morgan fingerprint density at radius 2 is 1.37 bits per heavy atom. The Morgan fingerprint density at radius 1 is 0.800 bits per heavy atom. The van der Waals surface area contributed by atoms with Gasteiger partial charge in [0.15, 0.2) is 6.04 Å². The van der Waals surface area contributed by atoms with E-state index < -0.39 is 12.2 Å². The molecule has 0 radical (unpaired) electrons. The fourth-order valence-electron chi connectivity index (χ4n) is 3.70. The van der Waals surface area contributed by atoms with Crippen LogP contribution in [0.2, 0.25) is 0 Å². The van der Waals surface area contributed by atoms with Gasteiger partial charge in [-0.05, 0) is 36.8 Å². The summed E-state index contributed by atoms with van der Waals surface area (Å²) in [6.07, 6.45) is -4.61. The van der Waals surface area contributed by atoms with Crippen molar-refractivity contribution in [3.05, 3.63) is 102 Å². The van der Waals surface area contributed by atoms with Crippen LogP contribution in [-0.4, -0.2) is 12.2 Å². The van der Waals surface area contributed by atoms with Crippen molar-refractivity contribution in [1.82, 2.24) is 0 Å². The van der Waals surface area contributed by atoms with Crippen molar-refractivity contribution in [3.63, 3.8) is 0 Å². The highest BCUT2D eigenvalue weighted by Crippen LogP contribution is 2.47. The lowest BCUT2D eigenvalue weighted by Gasteiger charge is -2.37. The zero-order valence-electron chi connectivity index (χ0n) is 16.1. The number of nitrogens with zero attached hydrogens (tertiary/aromatic N) is 3. The Labute approximate surface area is 172 Å². The van der Waals surface area contributed by atoms with Gasteiger partial charge in [-0.15, -0.1) is 0 Å². The number of para-hydroxylation sites is 1. The summed E-state index contributed by atoms with van der Waals surface area (Å²) in [4.78, 5) is 0. The fourth-order valence-corrected chi connectivity index (χ4v) is 3.70. The molecule has 3 nitrogen and oxygen atoms in total. The Morgan fingerprint density at radius 3 is 1.90 bits per heavy atom. The minimum atomic E-state index is -4.61. The minimum absolute atomic E-state index is 0.0452. The molecule has 1 heterocycles. The highest BCUT2D eigenvalue weighted by molar-refractivity contribution is 5.89. The van der Waals surface area contributed by atoms with E-state index in [0.29, 0.717) is 16.9 Å². The van der Waals surface area contributed by atoms with E-state index in [2.05, 4.69) is 0 Å². The van der Waals surface area contributed by atoms with Crippen molar-refractivity contribution in [1.29, 1.82) is 5.26 Å². The van der Waals surface area contributed by atoms with Gasteiger partial charge in [0.05, 0.1) is 11.4 Å². The number of hydrogen-bond acceptors (Lipinski definition) is 3. The lowest BCUT2D eigenvalue weighted by molar-refractivity contribution is -0.134. The quantitative estimate of drug-likeness (QED) is 0.527. The molecule has 3 aromatic carbocycles. The van der Waals surface area contributed by atoms with Crippen LogP contribution in [0, 0.1) is 18.3 Å². The van der Waals surface area contributed by atoms with Crippen molar-refractivity contribution < 1.29 is 13.2 Å². The van der Waals surface area contributed by atoms with E-state index in [0.717, 1.165) is 10.6 Å². The van der Waals surface area contributed by atoms with E-state index in [1.165, 1.54) is 5.01 Å². The van der Waals surface area contributed by atoms with Gasteiger partial charge in [0, 0.05) is 5.57 Å². The van der Waals surface area contributed by atoms with Crippen LogP contribution in [0.15, 0.2) is 90.6 Å². The van der Waals surface area contributed by atoms with Crippen LogP contribution in [0.1, 0.15) is 11.1 Å². The van der Waals surface area contributed by atoms with Gasteiger partial charge in [-0.25, -0.2) is 5.01 Å². The first-order valence-electron chi connectivity index (χ1n) is 9.39. The van der Waals surface area contributed by atoms with Crippen molar-refractivity contribution in [2.45, 2.75) is 19.1 Å². The van der Waals surface area contributed by atoms with Crippen LogP contribution in [0.3, 0.4) is 0 Å². The molecule has 150 valence electrons. The molecule has 0 N–H and O–H groups in total. The lowest BCUT2D eigenvalue weighted by atomic mass is 9.97. The second kappa shape index (κ2) is 7.60. The van der Waals surface area contributed by atoms with Gasteiger partial charge >= 0.3 is 6.18 Å². The third-order valence-electron chi connectivity index (χ3n) is 5.00. The molecular formula is C24H18F3N3. The van der Waals surface area contributed by atoms with Crippen molar-refractivity contribution >= 4 is 16.9 Å². The number of allylic oxidation sites excluding steroid dienone is 1. The number of hydrazine groups is 1. The molecule has 6 heteroatoms. The number of hydrogen-bond donors (Lipinski definition) is 0. The third-order valence-corrected chi connectivity index (χ3v) is 5.00. The Hall–Kier alpha value is -3.72. The highest BCUT2D eigenvalue weighted by Gasteiger charge is 2.54. The first-order chi connectivity index (χ1) is 14.4. The molecular weight excluding hydrogens is 387 g/mol. The third kappa shape index (κ3) is 3.39. The van der Waals surface area contributed by atoms with E-state index in [4.69, 9.17) is 0 Å². The van der Waals surface area contributed by atoms with E-state index in [9.17, 15) is 18.4 Å². The standard InChI is InChI=1S/C24H18F3N3/c1-17-12-14-20(15-13-17)29-21(16-28)22(18-8-4-2-5-9-18)23(24(25,26)27)30(29)19-10-6-3-7-11-19/h2-15,23H,1H3. The maximum absolute atomic E-state index is 14.5. The second-order valence-corrected chi connectivity index (χ2v) is 7.01. The van der Waals surface area contributed by atoms with Gasteiger partial charge in [0.2, 0.25) is 0 Å². The summed E-state index contributed by atoms with van der Waals surface area (Å²) >= 11 is 0. The first-order valence-corrected chi connectivity index (χ1v) is 9.39. The molecule has 3 aromatic rings. The molecule has 1 atom stereocenters. The number of rotatable bonds is 3. The van der Waals surface area contributed by atoms with Crippen LogP contribution in [0.4, 0.5) is 24.5 Å². The van der Waals surface area contributed by atoms with Gasteiger partial charge in [-0.2, -0.15) is 18.4 Å². The Balaban J connectivity index is 2.02. The summed E-state index contributed by atoms with van der Waals surface area (Å²) in [6.45, 7) is 1.90. The summed E-state index contributed by atoms with van der Waals surface area (Å²) in [5.41, 5.74) is 2.07. The van der Waals surface area contributed by atoms with Gasteiger partial charge in [0.1, 0.15) is 11.8 Å². The smallest absolute Gasteiger partial charge is 0.263 e. The molecule has 1 unspecified atom stereocenters. The number of anilines is 2. The normalized spacial score (nSPS) is 16.7. The summed E-state index contributed by atoms with van der Waals surface area (Å²) in [5, 5.41) is 12.5. The molecule has 0 fully saturated rings. The lowest BCUT2D eigenvalue weighted by Crippen LogP contribution is -2.50. The first kappa shape index (κ1) is 19.6. The van der Waals surface area contributed by atoms with Gasteiger partial charge in [-0.1, -0.05) is 66.2 Å². The zero-order chi connectivity index (χ0) is 21.3. The fraction of sp³-hybridized carbons (Fsp3) is 0.125. The van der Waals surface area contributed by atoms with E-state index >= 15 is 0 Å². The van der Waals surface area contributed by atoms with Crippen molar-refractivity contribution in [2.24, 2.45) is 0 Å². The topological polar surface area (TPSA) is 30.3 Å². The van der Waals surface area contributed by atoms with Gasteiger partial charge in [-0.3, -0.25) is 5.01 Å². The minimum Gasteiger partial charge on any atom is -0.263 e. The van der Waals surface area contributed by atoms with E-state index in [1.807, 2.05) is 25.1 Å². The number of nitriles is 1. The average Bonchev–Trinajstić information content (AvgIpc) is 3.11. The molecule has 1 aliphatic heterocycles. The van der Waals surface area contributed by atoms with Gasteiger partial charge < -0.3 is 0 Å². The number of halogens is 3. The Kier molecular flexibility index (Phi) is 4.96. The summed E-state index contributed by atoms with van der Waals surface area (Å²) in [5.74, 6) is 0. The number of benzene rings is 3. The largest absolute Gasteiger partial charge is 0.415 e. The molecule has 0 spiro atoms. The summed E-state index contributed by atoms with van der Waals surface area (Å²) in [6, 6.07) is 23.8. The van der Waals surface area contributed by atoms with Crippen molar-refractivity contribution in [3.8, 4) is 6.07 Å². The number of alkyl halides is 3. The molecule has 0 bridgehead atoms. The molecule has 0 aliphatic carbocycles. The predicted molar refractivity (Wildman–Crippen MR) is 111 cm³/mol. The van der Waals surface area contributed by atoms with Gasteiger partial charge in [0.25, 0.3) is 0 Å². The van der Waals surface area contributed by atoms with Crippen LogP contribution in [-0.2, 0) is 0 Å². The van der Waals surface area contributed by atoms with Crippen LogP contribution < -0.4 is 10.0 Å². The molecule has 0 saturated heterocycles. The molecule has 1 aliphatic rings. The van der Waals surface area contributed by atoms with E-state index in [-0.39, 0.29) is 11.3 Å². The summed E-state index contributed by atoms with van der Waals surface area (Å²) < 4.78 is 43.4. The predicted octanol–water partition coefficient (Wildman–Crippen LogP) is 6.10. The Bertz CT molecular complexity index is 1100. The number of aryl methyl sites for hydroxylation is 1. The van der Waals surface area contributed by atoms with E-state index in [1.54, 1.807) is 72.8 Å². The maximum Gasteiger partial charge on any atom is 0.415 e. The molecule has 0 saturated carbocycles. The molecule has 30 heavy (non-hydrogen) atoms. The van der Waals surface area contributed by atoms with Crippen LogP contribution in [0.5, 0.6) is 0 Å². The monoisotopic (exact) mass is 405 g/mol. The zero-order valence-corrected chi connectivity index (χ0v) is 16.1. The SMILES string of the molecule is Cc1ccc(N2C(C#N)=C(c3ccccc3)C(C(F)(F)F)N2c2ccccc2)cc1. The average molecular weight is 405 g/mol. The molecule has 0 aromatic heterocycles. The summed E-state index contributed by atoms with van der Waals surface area (Å²) in [7, 11) is 0. The molecule has 0 amide bonds. The van der Waals surface area contributed by atoms with Crippen LogP contribution >= 0.6 is 0 Å². The maximum atomic E-state index is 14.5. The highest BCUT2D eigenvalue weighted by atomic mass is 19.4.